The normalized spacial score (nSPS) is 11.4. The Kier molecular flexibility index (Phi) is 4.32. The highest BCUT2D eigenvalue weighted by atomic mass is 32.2. The van der Waals surface area contributed by atoms with E-state index in [-0.39, 0.29) is 18.8 Å². The topological polar surface area (TPSA) is 63.6 Å². The SMILES string of the molecule is Cc1cc(C)cc(OCCCS(=O)(=O)O)c1. The molecule has 0 aliphatic rings. The summed E-state index contributed by atoms with van der Waals surface area (Å²) in [5, 5.41) is 0. The van der Waals surface area contributed by atoms with Crippen molar-refractivity contribution in [3.05, 3.63) is 29.3 Å². The summed E-state index contributed by atoms with van der Waals surface area (Å²) in [4.78, 5) is 0. The highest BCUT2D eigenvalue weighted by molar-refractivity contribution is 7.85. The molecular weight excluding hydrogens is 228 g/mol. The van der Waals surface area contributed by atoms with E-state index in [0.29, 0.717) is 0 Å². The standard InChI is InChI=1S/C11H16O4S/c1-9-6-10(2)8-11(7-9)15-4-3-5-16(12,13)14/h6-8H,3-5H2,1-2H3,(H,12,13,14). The molecule has 0 unspecified atom stereocenters. The third-order valence-electron chi connectivity index (χ3n) is 2.01. The molecule has 5 heteroatoms. The first-order valence-corrected chi connectivity index (χ1v) is 6.64. The number of aryl methyl sites for hydroxylation is 2. The number of hydrogen-bond donors (Lipinski definition) is 1. The average Bonchev–Trinajstić information content (AvgIpc) is 2.09. The maximum absolute atomic E-state index is 10.5. The van der Waals surface area contributed by atoms with E-state index in [2.05, 4.69) is 0 Å². The Balaban J connectivity index is 2.43. The Morgan fingerprint density at radius 2 is 1.75 bits per heavy atom. The van der Waals surface area contributed by atoms with Gasteiger partial charge in [-0.2, -0.15) is 8.42 Å². The van der Waals surface area contributed by atoms with E-state index in [1.807, 2.05) is 32.0 Å². The van der Waals surface area contributed by atoms with Crippen LogP contribution in [0.4, 0.5) is 0 Å². The lowest BCUT2D eigenvalue weighted by Gasteiger charge is -2.07. The van der Waals surface area contributed by atoms with Crippen LogP contribution in [0, 0.1) is 13.8 Å². The fourth-order valence-corrected chi connectivity index (χ4v) is 1.93. The van der Waals surface area contributed by atoms with Gasteiger partial charge in [0, 0.05) is 0 Å². The predicted molar refractivity (Wildman–Crippen MR) is 62.4 cm³/mol. The number of ether oxygens (including phenoxy) is 1. The third-order valence-corrected chi connectivity index (χ3v) is 2.82. The molecule has 0 heterocycles. The van der Waals surface area contributed by atoms with Crippen LogP contribution in [0.1, 0.15) is 17.5 Å². The summed E-state index contributed by atoms with van der Waals surface area (Å²) in [6, 6.07) is 5.81. The summed E-state index contributed by atoms with van der Waals surface area (Å²) >= 11 is 0. The Morgan fingerprint density at radius 3 is 2.25 bits per heavy atom. The van der Waals surface area contributed by atoms with Gasteiger partial charge in [-0.1, -0.05) is 6.07 Å². The van der Waals surface area contributed by atoms with E-state index >= 15 is 0 Å². The van der Waals surface area contributed by atoms with E-state index in [1.165, 1.54) is 0 Å². The van der Waals surface area contributed by atoms with Gasteiger partial charge in [-0.25, -0.2) is 0 Å². The van der Waals surface area contributed by atoms with E-state index in [0.717, 1.165) is 16.9 Å². The van der Waals surface area contributed by atoms with Crippen LogP contribution >= 0.6 is 0 Å². The number of rotatable bonds is 5. The fourth-order valence-electron chi connectivity index (χ4n) is 1.45. The minimum absolute atomic E-state index is 0.266. The zero-order valence-electron chi connectivity index (χ0n) is 9.43. The van der Waals surface area contributed by atoms with Crippen LogP contribution < -0.4 is 4.74 Å². The van der Waals surface area contributed by atoms with Crippen LogP contribution in [0.3, 0.4) is 0 Å². The second-order valence-corrected chi connectivity index (χ2v) is 5.38. The quantitative estimate of drug-likeness (QED) is 0.635. The van der Waals surface area contributed by atoms with E-state index in [1.54, 1.807) is 0 Å². The molecule has 0 fully saturated rings. The van der Waals surface area contributed by atoms with Gasteiger partial charge in [0.15, 0.2) is 0 Å². The molecule has 0 amide bonds. The minimum Gasteiger partial charge on any atom is -0.494 e. The van der Waals surface area contributed by atoms with Crippen molar-refractivity contribution in [3.8, 4) is 5.75 Å². The summed E-state index contributed by atoms with van der Waals surface area (Å²) in [5.41, 5.74) is 2.20. The van der Waals surface area contributed by atoms with Gasteiger partial charge < -0.3 is 4.74 Å². The summed E-state index contributed by atoms with van der Waals surface area (Å²) < 4.78 is 34.8. The molecule has 4 nitrogen and oxygen atoms in total. The number of hydrogen-bond acceptors (Lipinski definition) is 3. The lowest BCUT2D eigenvalue weighted by atomic mass is 10.1. The first kappa shape index (κ1) is 13.0. The molecule has 0 aliphatic heterocycles. The van der Waals surface area contributed by atoms with Gasteiger partial charge in [0.05, 0.1) is 12.4 Å². The molecule has 0 spiro atoms. The van der Waals surface area contributed by atoms with Crippen LogP contribution in [0.25, 0.3) is 0 Å². The van der Waals surface area contributed by atoms with E-state index in [4.69, 9.17) is 9.29 Å². The Hall–Kier alpha value is -1.07. The summed E-state index contributed by atoms with van der Waals surface area (Å²) in [6.07, 6.45) is 0.284. The monoisotopic (exact) mass is 244 g/mol. The molecule has 0 saturated heterocycles. The summed E-state index contributed by atoms with van der Waals surface area (Å²) in [5.74, 6) is 0.463. The average molecular weight is 244 g/mol. The molecular formula is C11H16O4S. The molecule has 1 aromatic carbocycles. The summed E-state index contributed by atoms with van der Waals surface area (Å²) in [6.45, 7) is 4.22. The molecule has 0 aliphatic carbocycles. The van der Waals surface area contributed by atoms with E-state index < -0.39 is 10.1 Å². The van der Waals surface area contributed by atoms with Crippen molar-refractivity contribution in [2.45, 2.75) is 20.3 Å². The zero-order chi connectivity index (χ0) is 12.2. The van der Waals surface area contributed by atoms with Crippen molar-refractivity contribution in [1.82, 2.24) is 0 Å². The minimum atomic E-state index is -3.87. The van der Waals surface area contributed by atoms with Crippen LogP contribution in [0.5, 0.6) is 5.75 Å². The third kappa shape index (κ3) is 5.14. The van der Waals surface area contributed by atoms with Crippen molar-refractivity contribution in [2.75, 3.05) is 12.4 Å². The molecule has 1 N–H and O–H groups in total. The molecule has 0 bridgehead atoms. The first-order valence-electron chi connectivity index (χ1n) is 5.03. The lowest BCUT2D eigenvalue weighted by Crippen LogP contribution is -2.08. The van der Waals surface area contributed by atoms with Crippen LogP contribution in [0.15, 0.2) is 18.2 Å². The Morgan fingerprint density at radius 1 is 1.19 bits per heavy atom. The van der Waals surface area contributed by atoms with Gasteiger partial charge in [-0.3, -0.25) is 4.55 Å². The van der Waals surface area contributed by atoms with Crippen LogP contribution in [0.2, 0.25) is 0 Å². The van der Waals surface area contributed by atoms with Gasteiger partial charge in [0.25, 0.3) is 10.1 Å². The highest BCUT2D eigenvalue weighted by Gasteiger charge is 2.04. The fraction of sp³-hybridized carbons (Fsp3) is 0.455. The van der Waals surface area contributed by atoms with Crippen molar-refractivity contribution in [3.63, 3.8) is 0 Å². The highest BCUT2D eigenvalue weighted by Crippen LogP contribution is 2.16. The smallest absolute Gasteiger partial charge is 0.264 e. The van der Waals surface area contributed by atoms with Crippen LogP contribution in [-0.2, 0) is 10.1 Å². The molecule has 1 rings (SSSR count). The number of benzene rings is 1. The largest absolute Gasteiger partial charge is 0.494 e. The van der Waals surface area contributed by atoms with Crippen molar-refractivity contribution < 1.29 is 17.7 Å². The zero-order valence-corrected chi connectivity index (χ0v) is 10.3. The molecule has 16 heavy (non-hydrogen) atoms. The molecule has 0 aromatic heterocycles. The Bertz CT molecular complexity index is 431. The van der Waals surface area contributed by atoms with E-state index in [9.17, 15) is 8.42 Å². The van der Waals surface area contributed by atoms with Gasteiger partial charge >= 0.3 is 0 Å². The maximum atomic E-state index is 10.5. The van der Waals surface area contributed by atoms with Gasteiger partial charge in [-0.15, -0.1) is 0 Å². The summed E-state index contributed by atoms with van der Waals surface area (Å²) in [7, 11) is -3.87. The lowest BCUT2D eigenvalue weighted by molar-refractivity contribution is 0.315. The second-order valence-electron chi connectivity index (χ2n) is 3.81. The molecule has 1 aromatic rings. The molecule has 0 atom stereocenters. The predicted octanol–water partition coefficient (Wildman–Crippen LogP) is 1.96. The van der Waals surface area contributed by atoms with Crippen molar-refractivity contribution in [2.24, 2.45) is 0 Å². The van der Waals surface area contributed by atoms with Crippen LogP contribution in [-0.4, -0.2) is 25.3 Å². The molecule has 90 valence electrons. The molecule has 0 saturated carbocycles. The maximum Gasteiger partial charge on any atom is 0.264 e. The van der Waals surface area contributed by atoms with Gasteiger partial charge in [-0.05, 0) is 43.5 Å². The van der Waals surface area contributed by atoms with Gasteiger partial charge in [0.1, 0.15) is 5.75 Å². The second kappa shape index (κ2) is 5.32. The van der Waals surface area contributed by atoms with Crippen molar-refractivity contribution in [1.29, 1.82) is 0 Å². The van der Waals surface area contributed by atoms with Gasteiger partial charge in [0.2, 0.25) is 0 Å². The Labute approximate surface area is 96.0 Å². The first-order chi connectivity index (χ1) is 7.37. The molecule has 0 radical (unpaired) electrons. The van der Waals surface area contributed by atoms with Crippen molar-refractivity contribution >= 4 is 10.1 Å².